The summed E-state index contributed by atoms with van der Waals surface area (Å²) in [6, 6.07) is 6.78. The van der Waals surface area contributed by atoms with Crippen LogP contribution in [-0.2, 0) is 9.53 Å². The van der Waals surface area contributed by atoms with Crippen LogP contribution in [0.15, 0.2) is 34.2 Å². The van der Waals surface area contributed by atoms with Crippen molar-refractivity contribution in [1.82, 2.24) is 24.9 Å². The van der Waals surface area contributed by atoms with Gasteiger partial charge in [0.1, 0.15) is 0 Å². The van der Waals surface area contributed by atoms with E-state index in [1.54, 1.807) is 19.2 Å². The predicted molar refractivity (Wildman–Crippen MR) is 105 cm³/mol. The molecular weight excluding hydrogens is 398 g/mol. The smallest absolute Gasteiger partial charge is 0.266 e. The zero-order chi connectivity index (χ0) is 20.2. The maximum atomic E-state index is 12.1. The number of amides is 1. The minimum Gasteiger partial charge on any atom is -0.454 e. The van der Waals surface area contributed by atoms with E-state index in [4.69, 9.17) is 14.2 Å². The van der Waals surface area contributed by atoms with Crippen LogP contribution >= 0.6 is 11.8 Å². The molecule has 4 rings (SSSR count). The van der Waals surface area contributed by atoms with Gasteiger partial charge in [-0.15, -0.1) is 0 Å². The van der Waals surface area contributed by atoms with Gasteiger partial charge >= 0.3 is 0 Å². The Hall–Kier alpha value is -3.05. The van der Waals surface area contributed by atoms with Gasteiger partial charge in [0.2, 0.25) is 12.7 Å². The number of methoxy groups -OCH3 is 1. The van der Waals surface area contributed by atoms with Gasteiger partial charge in [-0.25, -0.2) is 14.5 Å². The molecule has 0 saturated carbocycles. The van der Waals surface area contributed by atoms with Crippen LogP contribution in [-0.4, -0.2) is 58.3 Å². The highest BCUT2D eigenvalue weighted by Crippen LogP contribution is 2.35. The molecule has 0 aliphatic carbocycles. The van der Waals surface area contributed by atoms with Crippen molar-refractivity contribution in [2.24, 2.45) is 0 Å². The molecule has 0 saturated heterocycles. The van der Waals surface area contributed by atoms with Crippen LogP contribution < -0.4 is 20.3 Å². The summed E-state index contributed by atoms with van der Waals surface area (Å²) in [4.78, 5) is 32.9. The minimum absolute atomic E-state index is 0.128. The summed E-state index contributed by atoms with van der Waals surface area (Å²) in [6.07, 6.45) is 0.740. The summed E-state index contributed by atoms with van der Waals surface area (Å²) in [5.74, 6) is 1.72. The first kappa shape index (κ1) is 19.3. The fraction of sp³-hybridized carbons (Fsp3) is 0.333. The van der Waals surface area contributed by atoms with Crippen molar-refractivity contribution in [3.8, 4) is 22.9 Å². The van der Waals surface area contributed by atoms with Crippen LogP contribution in [0, 0.1) is 0 Å². The summed E-state index contributed by atoms with van der Waals surface area (Å²) >= 11 is 1.21. The normalized spacial score (nSPS) is 12.4. The molecule has 1 aliphatic rings. The highest BCUT2D eigenvalue weighted by atomic mass is 32.2. The SMILES string of the molecule is COCCCNC(=O)CSc1nc(-c2ccc3c(c2)OCO3)nc2cc(=O)[nH]n12. The first-order valence-electron chi connectivity index (χ1n) is 8.92. The molecule has 1 amide bonds. The number of rotatable bonds is 8. The number of H-pyrrole nitrogens is 1. The maximum Gasteiger partial charge on any atom is 0.266 e. The number of fused-ring (bicyclic) bond motifs is 2. The number of nitrogens with one attached hydrogen (secondary N) is 2. The van der Waals surface area contributed by atoms with E-state index in [0.29, 0.717) is 41.3 Å². The molecule has 1 aromatic carbocycles. The largest absolute Gasteiger partial charge is 0.454 e. The summed E-state index contributed by atoms with van der Waals surface area (Å²) in [5.41, 5.74) is 0.838. The first-order valence-corrected chi connectivity index (χ1v) is 9.91. The van der Waals surface area contributed by atoms with Gasteiger partial charge in [0.05, 0.1) is 5.75 Å². The number of aromatic amines is 1. The van der Waals surface area contributed by atoms with Gasteiger partial charge in [0.25, 0.3) is 5.56 Å². The summed E-state index contributed by atoms with van der Waals surface area (Å²) in [6.45, 7) is 1.30. The van der Waals surface area contributed by atoms with E-state index >= 15 is 0 Å². The van der Waals surface area contributed by atoms with Gasteiger partial charge in [-0.1, -0.05) is 11.8 Å². The zero-order valence-corrected chi connectivity index (χ0v) is 16.5. The molecule has 0 spiro atoms. The molecule has 10 nitrogen and oxygen atoms in total. The molecule has 0 bridgehead atoms. The van der Waals surface area contributed by atoms with Crippen molar-refractivity contribution in [2.75, 3.05) is 32.8 Å². The Bertz CT molecular complexity index is 1100. The lowest BCUT2D eigenvalue weighted by atomic mass is 10.2. The van der Waals surface area contributed by atoms with E-state index in [1.165, 1.54) is 22.3 Å². The molecule has 0 fully saturated rings. The molecule has 2 N–H and O–H groups in total. The fourth-order valence-corrected chi connectivity index (χ4v) is 3.55. The number of aromatic nitrogens is 4. The molecule has 2 aromatic heterocycles. The number of hydrogen-bond acceptors (Lipinski definition) is 8. The lowest BCUT2D eigenvalue weighted by Crippen LogP contribution is -2.27. The van der Waals surface area contributed by atoms with Gasteiger partial charge in [-0.3, -0.25) is 14.7 Å². The van der Waals surface area contributed by atoms with Crippen LogP contribution in [0.3, 0.4) is 0 Å². The summed E-state index contributed by atoms with van der Waals surface area (Å²) in [7, 11) is 1.62. The van der Waals surface area contributed by atoms with Crippen LogP contribution in [0.5, 0.6) is 11.5 Å². The fourth-order valence-electron chi connectivity index (χ4n) is 2.77. The topological polar surface area (TPSA) is 120 Å². The third kappa shape index (κ3) is 4.35. The summed E-state index contributed by atoms with van der Waals surface area (Å²) < 4.78 is 17.2. The molecule has 11 heteroatoms. The van der Waals surface area contributed by atoms with Crippen molar-refractivity contribution in [3.63, 3.8) is 0 Å². The maximum absolute atomic E-state index is 12.1. The van der Waals surface area contributed by atoms with Crippen molar-refractivity contribution in [3.05, 3.63) is 34.6 Å². The summed E-state index contributed by atoms with van der Waals surface area (Å²) in [5, 5.41) is 5.93. The Labute approximate surface area is 169 Å². The highest BCUT2D eigenvalue weighted by Gasteiger charge is 2.17. The number of hydrogen-bond donors (Lipinski definition) is 2. The van der Waals surface area contributed by atoms with E-state index in [9.17, 15) is 9.59 Å². The predicted octanol–water partition coefficient (Wildman–Crippen LogP) is 1.06. The lowest BCUT2D eigenvalue weighted by Gasteiger charge is -2.08. The molecule has 0 radical (unpaired) electrons. The number of thioether (sulfide) groups is 1. The molecule has 3 heterocycles. The third-order valence-electron chi connectivity index (χ3n) is 4.14. The minimum atomic E-state index is -0.298. The standard InChI is InChI=1S/C18H19N5O5S/c1-26-6-2-5-19-16(25)9-29-18-21-17(20-14-8-15(24)22-23(14)18)11-3-4-12-13(7-11)28-10-27-12/h3-4,7-8H,2,5-6,9-10H2,1H3,(H,19,25)(H,22,24). The first-order chi connectivity index (χ1) is 14.1. The van der Waals surface area contributed by atoms with E-state index < -0.39 is 0 Å². The second-order valence-corrected chi connectivity index (χ2v) is 7.14. The molecule has 0 unspecified atom stereocenters. The van der Waals surface area contributed by atoms with Crippen LogP contribution in [0.2, 0.25) is 0 Å². The molecular formula is C18H19N5O5S. The third-order valence-corrected chi connectivity index (χ3v) is 5.07. The average Bonchev–Trinajstić information content (AvgIpc) is 3.34. The molecule has 29 heavy (non-hydrogen) atoms. The van der Waals surface area contributed by atoms with Crippen molar-refractivity contribution in [1.29, 1.82) is 0 Å². The Morgan fingerprint density at radius 3 is 3.03 bits per heavy atom. The number of carbonyl (C=O) groups is 1. The molecule has 0 atom stereocenters. The Balaban J connectivity index is 1.56. The van der Waals surface area contributed by atoms with Crippen LogP contribution in [0.25, 0.3) is 17.0 Å². The zero-order valence-electron chi connectivity index (χ0n) is 15.6. The van der Waals surface area contributed by atoms with Crippen LogP contribution in [0.1, 0.15) is 6.42 Å². The lowest BCUT2D eigenvalue weighted by molar-refractivity contribution is -0.118. The Morgan fingerprint density at radius 2 is 2.17 bits per heavy atom. The van der Waals surface area contributed by atoms with Gasteiger partial charge in [0.15, 0.2) is 28.1 Å². The van der Waals surface area contributed by atoms with E-state index in [1.807, 2.05) is 6.07 Å². The van der Waals surface area contributed by atoms with E-state index in [0.717, 1.165) is 12.0 Å². The van der Waals surface area contributed by atoms with Gasteiger partial charge < -0.3 is 19.5 Å². The number of nitrogens with zero attached hydrogens (tertiary/aromatic N) is 3. The highest BCUT2D eigenvalue weighted by molar-refractivity contribution is 7.99. The number of ether oxygens (including phenoxy) is 3. The molecule has 152 valence electrons. The van der Waals surface area contributed by atoms with Crippen molar-refractivity contribution >= 4 is 23.3 Å². The van der Waals surface area contributed by atoms with Gasteiger partial charge in [-0.2, -0.15) is 0 Å². The molecule has 1 aliphatic heterocycles. The van der Waals surface area contributed by atoms with E-state index in [-0.39, 0.29) is 24.0 Å². The van der Waals surface area contributed by atoms with Crippen molar-refractivity contribution < 1.29 is 19.0 Å². The Kier molecular flexibility index (Phi) is 5.67. The van der Waals surface area contributed by atoms with E-state index in [2.05, 4.69) is 20.4 Å². The second kappa shape index (κ2) is 8.53. The average molecular weight is 417 g/mol. The number of benzene rings is 1. The van der Waals surface area contributed by atoms with Gasteiger partial charge in [0, 0.05) is 31.9 Å². The van der Waals surface area contributed by atoms with Crippen molar-refractivity contribution in [2.45, 2.75) is 11.6 Å². The van der Waals surface area contributed by atoms with Crippen LogP contribution in [0.4, 0.5) is 0 Å². The quantitative estimate of drug-likeness (QED) is 0.412. The second-order valence-electron chi connectivity index (χ2n) is 6.20. The Morgan fingerprint density at radius 1 is 1.31 bits per heavy atom. The van der Waals surface area contributed by atoms with Gasteiger partial charge in [-0.05, 0) is 24.6 Å². The monoisotopic (exact) mass is 417 g/mol. The number of carbonyl (C=O) groups excluding carboxylic acids is 1. The molecule has 3 aromatic rings.